The van der Waals surface area contributed by atoms with Gasteiger partial charge in [0, 0.05) is 5.75 Å². The Hall–Kier alpha value is -1.64. The van der Waals surface area contributed by atoms with Gasteiger partial charge in [-0.2, -0.15) is 5.21 Å². The van der Waals surface area contributed by atoms with Crippen LogP contribution in [0.1, 0.15) is 17.5 Å². The van der Waals surface area contributed by atoms with Crippen molar-refractivity contribution < 1.29 is 14.7 Å². The van der Waals surface area contributed by atoms with Gasteiger partial charge >= 0.3 is 5.97 Å². The number of carboxylic acids is 1. The third-order valence-electron chi connectivity index (χ3n) is 2.28. The van der Waals surface area contributed by atoms with E-state index >= 15 is 0 Å². The molecule has 1 aliphatic heterocycles. The van der Waals surface area contributed by atoms with Crippen molar-refractivity contribution in [3.63, 3.8) is 0 Å². The lowest BCUT2D eigenvalue weighted by Crippen LogP contribution is -2.45. The number of amides is 1. The highest BCUT2D eigenvalue weighted by Crippen LogP contribution is 2.29. The second-order valence-electron chi connectivity index (χ2n) is 3.23. The van der Waals surface area contributed by atoms with Crippen molar-refractivity contribution >= 4 is 23.6 Å². The third-order valence-corrected chi connectivity index (χ3v) is 3.50. The molecule has 1 aromatic rings. The molecule has 1 aromatic heterocycles. The molecular weight excluding hydrogens is 234 g/mol. The summed E-state index contributed by atoms with van der Waals surface area (Å²) in [6, 6.07) is -0.828. The van der Waals surface area contributed by atoms with E-state index in [0.29, 0.717) is 5.75 Å². The molecule has 2 N–H and O–H groups in total. The van der Waals surface area contributed by atoms with E-state index in [1.54, 1.807) is 6.92 Å². The molecule has 16 heavy (non-hydrogen) atoms. The molecule has 0 saturated carbocycles. The Balaban J connectivity index is 2.24. The Labute approximate surface area is 94.4 Å². The lowest BCUT2D eigenvalue weighted by Gasteiger charge is -2.23. The fourth-order valence-corrected chi connectivity index (χ4v) is 2.68. The van der Waals surface area contributed by atoms with Gasteiger partial charge in [-0.15, -0.1) is 22.0 Å². The van der Waals surface area contributed by atoms with Crippen molar-refractivity contribution in [2.75, 3.05) is 5.75 Å². The van der Waals surface area contributed by atoms with E-state index in [1.165, 1.54) is 16.7 Å². The second-order valence-corrected chi connectivity index (χ2v) is 4.58. The zero-order valence-corrected chi connectivity index (χ0v) is 9.14. The predicted molar refractivity (Wildman–Crippen MR) is 53.7 cm³/mol. The van der Waals surface area contributed by atoms with Crippen molar-refractivity contribution in [2.45, 2.75) is 18.3 Å². The normalized spacial score (nSPS) is 24.7. The van der Waals surface area contributed by atoms with Crippen LogP contribution in [0.4, 0.5) is 0 Å². The van der Waals surface area contributed by atoms with Crippen LogP contribution in [0.3, 0.4) is 0 Å². The Morgan fingerprint density at radius 1 is 1.62 bits per heavy atom. The van der Waals surface area contributed by atoms with Gasteiger partial charge in [-0.25, -0.2) is 4.79 Å². The number of aromatic amines is 1. The van der Waals surface area contributed by atoms with Gasteiger partial charge in [0.1, 0.15) is 6.04 Å². The molecule has 1 saturated heterocycles. The number of aliphatic carboxylic acids is 1. The zero-order valence-electron chi connectivity index (χ0n) is 8.32. The van der Waals surface area contributed by atoms with E-state index in [9.17, 15) is 9.59 Å². The van der Waals surface area contributed by atoms with E-state index in [0.717, 1.165) is 0 Å². The van der Waals surface area contributed by atoms with Crippen molar-refractivity contribution in [3.8, 4) is 0 Å². The molecule has 0 bridgehead atoms. The summed E-state index contributed by atoms with van der Waals surface area (Å²) in [5.41, 5.74) is 0. The summed E-state index contributed by atoms with van der Waals surface area (Å²) in [4.78, 5) is 24.1. The topological polar surface area (TPSA) is 112 Å². The maximum Gasteiger partial charge on any atom is 0.327 e. The van der Waals surface area contributed by atoms with Crippen LogP contribution in [0.2, 0.25) is 0 Å². The SMILES string of the molecule is CC1SCC(C(=O)O)N1C(=O)c1nn[nH]n1. The number of nitrogens with zero attached hydrogens (tertiary/aromatic N) is 4. The first-order valence-corrected chi connectivity index (χ1v) is 5.56. The standard InChI is InChI=1S/C7H9N5O3S/c1-3-12(4(2-16-3)7(14)15)6(13)5-8-10-11-9-5/h3-4H,2H2,1H3,(H,14,15)(H,8,9,10,11). The van der Waals surface area contributed by atoms with Crippen molar-refractivity contribution in [3.05, 3.63) is 5.82 Å². The molecular formula is C7H9N5O3S. The highest BCUT2D eigenvalue weighted by atomic mass is 32.2. The maximum absolute atomic E-state index is 11.9. The summed E-state index contributed by atoms with van der Waals surface area (Å²) in [5.74, 6) is -1.27. The first-order valence-electron chi connectivity index (χ1n) is 4.51. The summed E-state index contributed by atoms with van der Waals surface area (Å²) in [5, 5.41) is 21.3. The average Bonchev–Trinajstić information content (AvgIpc) is 2.84. The minimum atomic E-state index is -1.02. The van der Waals surface area contributed by atoms with Gasteiger partial charge in [0.2, 0.25) is 0 Å². The molecule has 1 fully saturated rings. The number of carboxylic acid groups (broad SMARTS) is 1. The molecule has 2 atom stereocenters. The number of H-pyrrole nitrogens is 1. The molecule has 2 rings (SSSR count). The van der Waals surface area contributed by atoms with E-state index in [-0.39, 0.29) is 11.2 Å². The summed E-state index contributed by atoms with van der Waals surface area (Å²) in [6.45, 7) is 1.77. The minimum absolute atomic E-state index is 0.111. The van der Waals surface area contributed by atoms with Gasteiger partial charge in [0.05, 0.1) is 5.37 Å². The molecule has 2 unspecified atom stereocenters. The van der Waals surface area contributed by atoms with Crippen molar-refractivity contribution in [2.24, 2.45) is 0 Å². The van der Waals surface area contributed by atoms with Crippen LogP contribution in [0, 0.1) is 0 Å². The van der Waals surface area contributed by atoms with Gasteiger partial charge < -0.3 is 10.0 Å². The Bertz CT molecular complexity index is 408. The van der Waals surface area contributed by atoms with Gasteiger partial charge in [0.15, 0.2) is 0 Å². The number of rotatable bonds is 2. The van der Waals surface area contributed by atoms with Gasteiger partial charge in [-0.3, -0.25) is 4.79 Å². The van der Waals surface area contributed by atoms with Crippen LogP contribution in [0.15, 0.2) is 0 Å². The third kappa shape index (κ3) is 1.73. The first-order chi connectivity index (χ1) is 7.61. The number of aromatic nitrogens is 4. The molecule has 2 heterocycles. The maximum atomic E-state index is 11.9. The van der Waals surface area contributed by atoms with E-state index < -0.39 is 17.9 Å². The number of hydrogen-bond acceptors (Lipinski definition) is 6. The van der Waals surface area contributed by atoms with Crippen LogP contribution in [0.5, 0.6) is 0 Å². The summed E-state index contributed by atoms with van der Waals surface area (Å²) >= 11 is 1.41. The highest BCUT2D eigenvalue weighted by Gasteiger charge is 2.41. The van der Waals surface area contributed by atoms with E-state index in [4.69, 9.17) is 5.11 Å². The summed E-state index contributed by atoms with van der Waals surface area (Å²) in [7, 11) is 0. The molecule has 0 aromatic carbocycles. The summed E-state index contributed by atoms with van der Waals surface area (Å²) in [6.07, 6.45) is 0. The molecule has 0 aliphatic carbocycles. The molecule has 8 nitrogen and oxygen atoms in total. The number of tetrazole rings is 1. The molecule has 86 valence electrons. The number of thioether (sulfide) groups is 1. The number of carbonyl (C=O) groups excluding carboxylic acids is 1. The van der Waals surface area contributed by atoms with E-state index in [2.05, 4.69) is 20.6 Å². The lowest BCUT2D eigenvalue weighted by atomic mass is 10.2. The van der Waals surface area contributed by atoms with Crippen LogP contribution in [-0.4, -0.2) is 59.7 Å². The Morgan fingerprint density at radius 2 is 2.38 bits per heavy atom. The monoisotopic (exact) mass is 243 g/mol. The first kappa shape index (κ1) is 10.9. The fraction of sp³-hybridized carbons (Fsp3) is 0.571. The Morgan fingerprint density at radius 3 is 2.94 bits per heavy atom. The molecule has 1 aliphatic rings. The molecule has 1 amide bonds. The van der Waals surface area contributed by atoms with Gasteiger partial charge in [-0.1, -0.05) is 0 Å². The summed E-state index contributed by atoms with van der Waals surface area (Å²) < 4.78 is 0. The largest absolute Gasteiger partial charge is 0.480 e. The zero-order chi connectivity index (χ0) is 11.7. The highest BCUT2D eigenvalue weighted by molar-refractivity contribution is 8.00. The lowest BCUT2D eigenvalue weighted by molar-refractivity contribution is -0.141. The van der Waals surface area contributed by atoms with Crippen molar-refractivity contribution in [1.82, 2.24) is 25.5 Å². The average molecular weight is 243 g/mol. The van der Waals surface area contributed by atoms with Gasteiger partial charge in [0.25, 0.3) is 11.7 Å². The predicted octanol–water partition coefficient (Wildman–Crippen LogP) is -0.812. The van der Waals surface area contributed by atoms with Crippen LogP contribution < -0.4 is 0 Å². The number of nitrogens with one attached hydrogen (secondary N) is 1. The minimum Gasteiger partial charge on any atom is -0.480 e. The quantitative estimate of drug-likeness (QED) is 0.698. The molecule has 0 spiro atoms. The fourth-order valence-electron chi connectivity index (χ4n) is 1.51. The van der Waals surface area contributed by atoms with E-state index in [1.807, 2.05) is 0 Å². The van der Waals surface area contributed by atoms with Crippen LogP contribution in [-0.2, 0) is 4.79 Å². The van der Waals surface area contributed by atoms with Crippen LogP contribution in [0.25, 0.3) is 0 Å². The molecule has 0 radical (unpaired) electrons. The number of carbonyl (C=O) groups is 2. The molecule has 9 heteroatoms. The second kappa shape index (κ2) is 4.08. The van der Waals surface area contributed by atoms with Crippen LogP contribution >= 0.6 is 11.8 Å². The van der Waals surface area contributed by atoms with Crippen molar-refractivity contribution in [1.29, 1.82) is 0 Å². The number of hydrogen-bond donors (Lipinski definition) is 2. The van der Waals surface area contributed by atoms with Gasteiger partial charge in [-0.05, 0) is 12.1 Å². The Kier molecular flexibility index (Phi) is 2.77. The smallest absolute Gasteiger partial charge is 0.327 e.